The number of hydrogen-bond acceptors (Lipinski definition) is 3. The van der Waals surface area contributed by atoms with E-state index in [2.05, 4.69) is 11.4 Å². The van der Waals surface area contributed by atoms with E-state index in [1.807, 2.05) is 42.5 Å². The first-order valence-corrected chi connectivity index (χ1v) is 5.37. The zero-order valence-corrected chi connectivity index (χ0v) is 9.35. The van der Waals surface area contributed by atoms with Gasteiger partial charge in [0.1, 0.15) is 0 Å². The molecule has 0 unspecified atom stereocenters. The second kappa shape index (κ2) is 5.04. The van der Waals surface area contributed by atoms with E-state index >= 15 is 0 Å². The largest absolute Gasteiger partial charge is 0.398 e. The first-order chi connectivity index (χ1) is 8.29. The molecule has 0 atom stereocenters. The van der Waals surface area contributed by atoms with Gasteiger partial charge >= 0.3 is 0 Å². The monoisotopic (exact) mass is 223 g/mol. The smallest absolute Gasteiger partial charge is 0.0992 e. The van der Waals surface area contributed by atoms with Gasteiger partial charge in [0.2, 0.25) is 0 Å². The van der Waals surface area contributed by atoms with Crippen LogP contribution >= 0.6 is 0 Å². The molecule has 2 aromatic rings. The van der Waals surface area contributed by atoms with E-state index in [9.17, 15) is 0 Å². The number of hydrogen-bond donors (Lipinski definition) is 2. The SMILES string of the molecule is N#Cc1cccc(NCc2ccccc2N)c1. The van der Waals surface area contributed by atoms with Gasteiger partial charge in [-0.3, -0.25) is 0 Å². The molecule has 2 aromatic carbocycles. The summed E-state index contributed by atoms with van der Waals surface area (Å²) in [5.74, 6) is 0. The molecule has 0 saturated heterocycles. The van der Waals surface area contributed by atoms with Crippen molar-refractivity contribution >= 4 is 11.4 Å². The molecule has 0 heterocycles. The zero-order chi connectivity index (χ0) is 12.1. The van der Waals surface area contributed by atoms with Crippen LogP contribution in [0.1, 0.15) is 11.1 Å². The van der Waals surface area contributed by atoms with Gasteiger partial charge in [-0.2, -0.15) is 5.26 Å². The highest BCUT2D eigenvalue weighted by molar-refractivity contribution is 5.52. The van der Waals surface area contributed by atoms with E-state index in [0.717, 1.165) is 16.9 Å². The molecule has 3 nitrogen and oxygen atoms in total. The summed E-state index contributed by atoms with van der Waals surface area (Å²) in [6.45, 7) is 0.654. The van der Waals surface area contributed by atoms with Crippen molar-refractivity contribution < 1.29 is 0 Å². The lowest BCUT2D eigenvalue weighted by molar-refractivity contribution is 1.15. The van der Waals surface area contributed by atoms with Crippen LogP contribution in [0.2, 0.25) is 0 Å². The summed E-state index contributed by atoms with van der Waals surface area (Å²) < 4.78 is 0. The topological polar surface area (TPSA) is 61.8 Å². The van der Waals surface area contributed by atoms with E-state index in [1.54, 1.807) is 6.07 Å². The average Bonchev–Trinajstić information content (AvgIpc) is 2.38. The number of nitrogens with zero attached hydrogens (tertiary/aromatic N) is 1. The van der Waals surface area contributed by atoms with Gasteiger partial charge in [0.15, 0.2) is 0 Å². The minimum Gasteiger partial charge on any atom is -0.398 e. The van der Waals surface area contributed by atoms with Gasteiger partial charge in [0.25, 0.3) is 0 Å². The Morgan fingerprint density at radius 2 is 1.94 bits per heavy atom. The fourth-order valence-corrected chi connectivity index (χ4v) is 1.59. The normalized spacial score (nSPS) is 9.59. The lowest BCUT2D eigenvalue weighted by Crippen LogP contribution is -2.02. The van der Waals surface area contributed by atoms with E-state index in [-0.39, 0.29) is 0 Å². The van der Waals surface area contributed by atoms with Crippen LogP contribution in [0.3, 0.4) is 0 Å². The zero-order valence-electron chi connectivity index (χ0n) is 9.35. The predicted molar refractivity (Wildman–Crippen MR) is 69.3 cm³/mol. The second-order valence-electron chi connectivity index (χ2n) is 3.74. The van der Waals surface area contributed by atoms with Crippen LogP contribution in [0.25, 0.3) is 0 Å². The van der Waals surface area contributed by atoms with Crippen molar-refractivity contribution in [2.45, 2.75) is 6.54 Å². The molecule has 0 bridgehead atoms. The molecule has 3 heteroatoms. The first-order valence-electron chi connectivity index (χ1n) is 5.37. The van der Waals surface area contributed by atoms with Crippen LogP contribution in [0.5, 0.6) is 0 Å². The van der Waals surface area contributed by atoms with Gasteiger partial charge in [0, 0.05) is 17.9 Å². The maximum Gasteiger partial charge on any atom is 0.0992 e. The molecule has 0 aliphatic heterocycles. The third kappa shape index (κ3) is 2.76. The molecule has 0 fully saturated rings. The summed E-state index contributed by atoms with van der Waals surface area (Å²) in [6, 6.07) is 17.2. The van der Waals surface area contributed by atoms with Crippen LogP contribution in [0.4, 0.5) is 11.4 Å². The van der Waals surface area contributed by atoms with Crippen LogP contribution in [-0.4, -0.2) is 0 Å². The van der Waals surface area contributed by atoms with Crippen molar-refractivity contribution in [2.75, 3.05) is 11.1 Å². The molecule has 0 aliphatic rings. The Labute approximate surface area is 101 Å². The summed E-state index contributed by atoms with van der Waals surface area (Å²) in [5, 5.41) is 12.0. The van der Waals surface area contributed by atoms with Crippen molar-refractivity contribution in [1.82, 2.24) is 0 Å². The Balaban J connectivity index is 2.08. The fourth-order valence-electron chi connectivity index (χ4n) is 1.59. The molecule has 0 saturated carbocycles. The summed E-state index contributed by atoms with van der Waals surface area (Å²) in [4.78, 5) is 0. The van der Waals surface area contributed by atoms with Crippen LogP contribution in [0.15, 0.2) is 48.5 Å². The highest BCUT2D eigenvalue weighted by Gasteiger charge is 1.98. The molecule has 3 N–H and O–H groups in total. The maximum absolute atomic E-state index is 8.79. The Kier molecular flexibility index (Phi) is 3.27. The van der Waals surface area contributed by atoms with Crippen molar-refractivity contribution in [3.05, 3.63) is 59.7 Å². The fraction of sp³-hybridized carbons (Fsp3) is 0.0714. The first kappa shape index (κ1) is 11.0. The quantitative estimate of drug-likeness (QED) is 0.786. The van der Waals surface area contributed by atoms with Crippen molar-refractivity contribution in [1.29, 1.82) is 5.26 Å². The molecule has 2 rings (SSSR count). The number of nitrogens with one attached hydrogen (secondary N) is 1. The van der Waals surface area contributed by atoms with Gasteiger partial charge in [-0.15, -0.1) is 0 Å². The third-order valence-electron chi connectivity index (χ3n) is 2.53. The highest BCUT2D eigenvalue weighted by atomic mass is 14.9. The van der Waals surface area contributed by atoms with Crippen molar-refractivity contribution in [2.24, 2.45) is 0 Å². The molecular formula is C14H13N3. The Hall–Kier alpha value is -2.47. The Morgan fingerprint density at radius 3 is 2.71 bits per heavy atom. The van der Waals surface area contributed by atoms with Gasteiger partial charge in [-0.1, -0.05) is 24.3 Å². The van der Waals surface area contributed by atoms with Gasteiger partial charge in [0.05, 0.1) is 11.6 Å². The van der Waals surface area contributed by atoms with Gasteiger partial charge in [-0.05, 0) is 29.8 Å². The van der Waals surface area contributed by atoms with Gasteiger partial charge in [-0.25, -0.2) is 0 Å². The van der Waals surface area contributed by atoms with Crippen LogP contribution < -0.4 is 11.1 Å². The lowest BCUT2D eigenvalue weighted by atomic mass is 10.1. The molecule has 0 aliphatic carbocycles. The number of para-hydroxylation sites is 1. The number of nitrogens with two attached hydrogens (primary N) is 1. The third-order valence-corrected chi connectivity index (χ3v) is 2.53. The lowest BCUT2D eigenvalue weighted by Gasteiger charge is -2.08. The number of nitrogen functional groups attached to an aromatic ring is 1. The number of anilines is 2. The number of nitriles is 1. The Morgan fingerprint density at radius 1 is 1.12 bits per heavy atom. The minimum absolute atomic E-state index is 0.649. The summed E-state index contributed by atoms with van der Waals surface area (Å²) in [6.07, 6.45) is 0. The second-order valence-corrected chi connectivity index (χ2v) is 3.74. The molecule has 0 radical (unpaired) electrons. The molecule has 0 spiro atoms. The summed E-state index contributed by atoms with van der Waals surface area (Å²) in [5.41, 5.74) is 9.25. The number of benzene rings is 2. The Bertz CT molecular complexity index is 555. The highest BCUT2D eigenvalue weighted by Crippen LogP contribution is 2.14. The van der Waals surface area contributed by atoms with Crippen molar-refractivity contribution in [3.8, 4) is 6.07 Å². The van der Waals surface area contributed by atoms with E-state index < -0.39 is 0 Å². The predicted octanol–water partition coefficient (Wildman–Crippen LogP) is 2.75. The summed E-state index contributed by atoms with van der Waals surface area (Å²) in [7, 11) is 0. The van der Waals surface area contributed by atoms with E-state index in [0.29, 0.717) is 12.1 Å². The molecule has 84 valence electrons. The van der Waals surface area contributed by atoms with Crippen LogP contribution in [-0.2, 0) is 6.54 Å². The molecule has 0 amide bonds. The molecular weight excluding hydrogens is 210 g/mol. The van der Waals surface area contributed by atoms with Crippen LogP contribution in [0, 0.1) is 11.3 Å². The summed E-state index contributed by atoms with van der Waals surface area (Å²) >= 11 is 0. The van der Waals surface area contributed by atoms with E-state index in [4.69, 9.17) is 11.0 Å². The minimum atomic E-state index is 0.649. The molecule has 0 aromatic heterocycles. The average molecular weight is 223 g/mol. The number of rotatable bonds is 3. The van der Waals surface area contributed by atoms with E-state index in [1.165, 1.54) is 0 Å². The van der Waals surface area contributed by atoms with Gasteiger partial charge < -0.3 is 11.1 Å². The molecule has 17 heavy (non-hydrogen) atoms. The maximum atomic E-state index is 8.79. The van der Waals surface area contributed by atoms with Crippen molar-refractivity contribution in [3.63, 3.8) is 0 Å². The standard InChI is InChI=1S/C14H13N3/c15-9-11-4-3-6-13(8-11)17-10-12-5-1-2-7-14(12)16/h1-8,17H,10,16H2.